The number of halogens is 1. The maximum absolute atomic E-state index is 14.2. The number of Topliss-reactive ketones (excluding diaryl/α,β-unsaturated/α-hetero) is 1. The molecule has 5 aromatic rings. The summed E-state index contributed by atoms with van der Waals surface area (Å²) < 4.78 is 16.4. The molecular formula is C33H29FN4O2. The van der Waals surface area contributed by atoms with Crippen LogP contribution in [0.1, 0.15) is 33.3 Å². The van der Waals surface area contributed by atoms with Gasteiger partial charge in [0, 0.05) is 50.0 Å². The van der Waals surface area contributed by atoms with Crippen LogP contribution in [0.2, 0.25) is 0 Å². The highest BCUT2D eigenvalue weighted by molar-refractivity contribution is 5.95. The van der Waals surface area contributed by atoms with Gasteiger partial charge < -0.3 is 9.30 Å². The molecule has 0 aliphatic carbocycles. The molecule has 40 heavy (non-hydrogen) atoms. The molecule has 3 aromatic carbocycles. The van der Waals surface area contributed by atoms with E-state index in [0.29, 0.717) is 38.3 Å². The monoisotopic (exact) mass is 532 g/mol. The Bertz CT molecular complexity index is 1690. The fourth-order valence-electron chi connectivity index (χ4n) is 5.27. The summed E-state index contributed by atoms with van der Waals surface area (Å²) >= 11 is 0. The fraction of sp³-hybridized carbons (Fsp3) is 0.182. The predicted octanol–water partition coefficient (Wildman–Crippen LogP) is 5.97. The van der Waals surface area contributed by atoms with Crippen molar-refractivity contribution in [2.75, 3.05) is 26.2 Å². The maximum Gasteiger partial charge on any atom is 0.256 e. The van der Waals surface area contributed by atoms with Gasteiger partial charge in [-0.15, -0.1) is 0 Å². The van der Waals surface area contributed by atoms with E-state index in [-0.39, 0.29) is 17.3 Å². The van der Waals surface area contributed by atoms with Crippen molar-refractivity contribution in [1.82, 2.24) is 19.2 Å². The molecule has 0 radical (unpaired) electrons. The molecule has 2 aromatic heterocycles. The third kappa shape index (κ3) is 5.03. The molecule has 1 saturated heterocycles. The first-order chi connectivity index (χ1) is 19.5. The van der Waals surface area contributed by atoms with Crippen molar-refractivity contribution in [2.45, 2.75) is 13.5 Å². The molecule has 1 aliphatic heterocycles. The lowest BCUT2D eigenvalue weighted by molar-refractivity contribution is 0.0622. The van der Waals surface area contributed by atoms with Crippen LogP contribution in [0.3, 0.4) is 0 Å². The van der Waals surface area contributed by atoms with Gasteiger partial charge in [-0.05, 0) is 42.3 Å². The van der Waals surface area contributed by atoms with Crippen molar-refractivity contribution < 1.29 is 14.0 Å². The second-order valence-corrected chi connectivity index (χ2v) is 10.1. The molecule has 200 valence electrons. The summed E-state index contributed by atoms with van der Waals surface area (Å²) in [5, 5.41) is 0. The number of hydrogen-bond donors (Lipinski definition) is 0. The molecule has 0 atom stereocenters. The van der Waals surface area contributed by atoms with Crippen LogP contribution in [0.15, 0.2) is 97.2 Å². The number of rotatable bonds is 6. The smallest absolute Gasteiger partial charge is 0.256 e. The Hall–Kier alpha value is -4.62. The number of amides is 1. The van der Waals surface area contributed by atoms with Crippen LogP contribution >= 0.6 is 0 Å². The van der Waals surface area contributed by atoms with Gasteiger partial charge in [0.05, 0.1) is 17.0 Å². The van der Waals surface area contributed by atoms with Crippen LogP contribution in [0.4, 0.5) is 4.39 Å². The van der Waals surface area contributed by atoms with Gasteiger partial charge in [-0.1, -0.05) is 66.7 Å². The molecule has 6 rings (SSSR count). The summed E-state index contributed by atoms with van der Waals surface area (Å²) in [6.45, 7) is 4.62. The van der Waals surface area contributed by atoms with Crippen LogP contribution in [0.25, 0.3) is 28.0 Å². The van der Waals surface area contributed by atoms with Crippen LogP contribution in [0.5, 0.6) is 0 Å². The summed E-state index contributed by atoms with van der Waals surface area (Å²) in [6.07, 6.45) is 2.10. The van der Waals surface area contributed by atoms with Crippen molar-refractivity contribution in [3.8, 4) is 22.4 Å². The van der Waals surface area contributed by atoms with E-state index in [1.807, 2.05) is 48.5 Å². The number of aromatic nitrogens is 2. The Morgan fingerprint density at radius 1 is 0.775 bits per heavy atom. The second kappa shape index (κ2) is 10.9. The van der Waals surface area contributed by atoms with E-state index in [2.05, 4.69) is 33.7 Å². The SMILES string of the molecule is CC(=O)c1ccc(-c2ccc3nc(-c4ccccc4)c(CN4CCN(C(=O)c5ccccc5F)CC4)n3c2)cc1. The molecule has 6 nitrogen and oxygen atoms in total. The average molecular weight is 533 g/mol. The first kappa shape index (κ1) is 25.6. The third-order valence-corrected chi connectivity index (χ3v) is 7.53. The number of carbonyl (C=O) groups is 2. The predicted molar refractivity (Wildman–Crippen MR) is 154 cm³/mol. The van der Waals surface area contributed by atoms with E-state index in [0.717, 1.165) is 33.7 Å². The van der Waals surface area contributed by atoms with E-state index >= 15 is 0 Å². The average Bonchev–Trinajstić information content (AvgIpc) is 3.35. The Balaban J connectivity index is 1.29. The summed E-state index contributed by atoms with van der Waals surface area (Å²) in [6, 6.07) is 28.0. The van der Waals surface area contributed by atoms with E-state index in [1.54, 1.807) is 30.0 Å². The number of imidazole rings is 1. The standard InChI is InChI=1S/C33H29FN4O2/c1-23(39)24-11-13-25(14-12-24)27-15-16-31-35-32(26-7-3-2-4-8-26)30(38(31)21-27)22-36-17-19-37(20-18-36)33(40)28-9-5-6-10-29(28)34/h2-16,21H,17-20,22H2,1H3. The van der Waals surface area contributed by atoms with Gasteiger partial charge in [0.1, 0.15) is 11.5 Å². The van der Waals surface area contributed by atoms with Crippen LogP contribution in [0, 0.1) is 5.82 Å². The highest BCUT2D eigenvalue weighted by Gasteiger charge is 2.25. The van der Waals surface area contributed by atoms with Crippen molar-refractivity contribution in [1.29, 1.82) is 0 Å². The number of nitrogens with zero attached hydrogens (tertiary/aromatic N) is 4. The van der Waals surface area contributed by atoms with Gasteiger partial charge in [0.15, 0.2) is 5.78 Å². The van der Waals surface area contributed by atoms with Crippen molar-refractivity contribution in [3.05, 3.63) is 120 Å². The zero-order valence-electron chi connectivity index (χ0n) is 22.3. The lowest BCUT2D eigenvalue weighted by Gasteiger charge is -2.34. The molecule has 1 aliphatic rings. The minimum absolute atomic E-state index is 0.0436. The van der Waals surface area contributed by atoms with Gasteiger partial charge in [-0.3, -0.25) is 14.5 Å². The van der Waals surface area contributed by atoms with E-state index in [1.165, 1.54) is 6.07 Å². The molecule has 0 spiro atoms. The zero-order valence-corrected chi connectivity index (χ0v) is 22.3. The highest BCUT2D eigenvalue weighted by Crippen LogP contribution is 2.29. The summed E-state index contributed by atoms with van der Waals surface area (Å²) in [5.74, 6) is -0.708. The van der Waals surface area contributed by atoms with Gasteiger partial charge in [-0.25, -0.2) is 9.37 Å². The quantitative estimate of drug-likeness (QED) is 0.253. The molecule has 0 bridgehead atoms. The number of hydrogen-bond acceptors (Lipinski definition) is 4. The van der Waals surface area contributed by atoms with Crippen molar-refractivity contribution >= 4 is 17.3 Å². The van der Waals surface area contributed by atoms with Crippen LogP contribution < -0.4 is 0 Å². The highest BCUT2D eigenvalue weighted by atomic mass is 19.1. The van der Waals surface area contributed by atoms with E-state index in [9.17, 15) is 14.0 Å². The molecule has 1 amide bonds. The molecule has 1 fully saturated rings. The normalized spacial score (nSPS) is 14.0. The van der Waals surface area contributed by atoms with E-state index < -0.39 is 5.82 Å². The Morgan fingerprint density at radius 3 is 2.15 bits per heavy atom. The molecule has 3 heterocycles. The summed E-state index contributed by atoms with van der Waals surface area (Å²) in [7, 11) is 0. The molecular weight excluding hydrogens is 503 g/mol. The van der Waals surface area contributed by atoms with E-state index in [4.69, 9.17) is 4.98 Å². The first-order valence-electron chi connectivity index (χ1n) is 13.4. The summed E-state index contributed by atoms with van der Waals surface area (Å²) in [4.78, 5) is 33.7. The number of ketones is 1. The lowest BCUT2D eigenvalue weighted by atomic mass is 10.0. The molecule has 0 saturated carbocycles. The second-order valence-electron chi connectivity index (χ2n) is 10.1. The topological polar surface area (TPSA) is 57.9 Å². The molecule has 7 heteroatoms. The largest absolute Gasteiger partial charge is 0.336 e. The van der Waals surface area contributed by atoms with Gasteiger partial charge in [-0.2, -0.15) is 0 Å². The number of pyridine rings is 1. The zero-order chi connectivity index (χ0) is 27.6. The Labute approximate surface area is 232 Å². The van der Waals surface area contributed by atoms with Crippen molar-refractivity contribution in [2.24, 2.45) is 0 Å². The van der Waals surface area contributed by atoms with Gasteiger partial charge >= 0.3 is 0 Å². The minimum atomic E-state index is -0.486. The number of fused-ring (bicyclic) bond motifs is 1. The van der Waals surface area contributed by atoms with Gasteiger partial charge in [0.25, 0.3) is 5.91 Å². The van der Waals surface area contributed by atoms with Crippen LogP contribution in [-0.4, -0.2) is 57.1 Å². The first-order valence-corrected chi connectivity index (χ1v) is 13.4. The lowest BCUT2D eigenvalue weighted by Crippen LogP contribution is -2.48. The minimum Gasteiger partial charge on any atom is -0.336 e. The number of benzene rings is 3. The molecule has 0 N–H and O–H groups in total. The number of piperazine rings is 1. The number of carbonyl (C=O) groups excluding carboxylic acids is 2. The van der Waals surface area contributed by atoms with Crippen molar-refractivity contribution in [3.63, 3.8) is 0 Å². The third-order valence-electron chi connectivity index (χ3n) is 7.53. The van der Waals surface area contributed by atoms with Gasteiger partial charge in [0.2, 0.25) is 0 Å². The van der Waals surface area contributed by atoms with Crippen LogP contribution in [-0.2, 0) is 6.54 Å². The fourth-order valence-corrected chi connectivity index (χ4v) is 5.27. The Kier molecular flexibility index (Phi) is 6.97. The Morgan fingerprint density at radius 2 is 1.45 bits per heavy atom. The maximum atomic E-state index is 14.2. The summed E-state index contributed by atoms with van der Waals surface area (Å²) in [5.41, 5.74) is 6.74. The molecule has 0 unspecified atom stereocenters.